The van der Waals surface area contributed by atoms with Crippen molar-refractivity contribution in [3.05, 3.63) is 46.0 Å². The fourth-order valence-electron chi connectivity index (χ4n) is 2.27. The molecule has 0 fully saturated rings. The fraction of sp³-hybridized carbons (Fsp3) is 0.389. The highest BCUT2D eigenvalue weighted by Crippen LogP contribution is 2.28. The van der Waals surface area contributed by atoms with Crippen LogP contribution in [0.1, 0.15) is 16.1 Å². The molecular formula is C18H22N2O6. The molecule has 26 heavy (non-hydrogen) atoms. The summed E-state index contributed by atoms with van der Waals surface area (Å²) in [7, 11) is 4.51. The Kier molecular flexibility index (Phi) is 6.88. The number of methoxy groups -OCH3 is 2. The maximum atomic E-state index is 12.1. The molecule has 8 nitrogen and oxygen atoms in total. The summed E-state index contributed by atoms with van der Waals surface area (Å²) in [5.74, 6) is -0.0654. The lowest BCUT2D eigenvalue weighted by atomic mass is 10.1. The van der Waals surface area contributed by atoms with E-state index >= 15 is 0 Å². The minimum atomic E-state index is -0.481. The SMILES string of the molecule is COCCOCOc1cn(C)c(=O)cc1-c1cc(C(=O)OC)cc(C)n1. The van der Waals surface area contributed by atoms with E-state index < -0.39 is 5.97 Å². The Bertz CT molecular complexity index is 831. The summed E-state index contributed by atoms with van der Waals surface area (Å²) in [5, 5.41) is 0. The first-order valence-electron chi connectivity index (χ1n) is 7.93. The summed E-state index contributed by atoms with van der Waals surface area (Å²) < 4.78 is 22.0. The molecular weight excluding hydrogens is 340 g/mol. The van der Waals surface area contributed by atoms with Crippen LogP contribution in [0.5, 0.6) is 5.75 Å². The van der Waals surface area contributed by atoms with Crippen molar-refractivity contribution in [1.29, 1.82) is 0 Å². The lowest BCUT2D eigenvalue weighted by molar-refractivity contribution is -0.00850. The number of hydrogen-bond acceptors (Lipinski definition) is 7. The molecule has 0 N–H and O–H groups in total. The lowest BCUT2D eigenvalue weighted by Crippen LogP contribution is -2.17. The van der Waals surface area contributed by atoms with Crippen molar-refractivity contribution in [3.63, 3.8) is 0 Å². The molecule has 2 rings (SSSR count). The monoisotopic (exact) mass is 362 g/mol. The zero-order valence-corrected chi connectivity index (χ0v) is 15.3. The molecule has 2 heterocycles. The van der Waals surface area contributed by atoms with Gasteiger partial charge in [-0.25, -0.2) is 4.79 Å². The molecule has 2 aromatic heterocycles. The van der Waals surface area contributed by atoms with Gasteiger partial charge in [0.05, 0.1) is 31.6 Å². The first-order valence-corrected chi connectivity index (χ1v) is 7.93. The van der Waals surface area contributed by atoms with Crippen LogP contribution in [0.4, 0.5) is 0 Å². The minimum absolute atomic E-state index is 0.00968. The van der Waals surface area contributed by atoms with E-state index in [0.717, 1.165) is 0 Å². The molecule has 0 bridgehead atoms. The normalized spacial score (nSPS) is 10.6. The predicted molar refractivity (Wildman–Crippen MR) is 94.3 cm³/mol. The molecule has 2 aromatic rings. The molecule has 0 amide bonds. The van der Waals surface area contributed by atoms with Crippen molar-refractivity contribution < 1.29 is 23.7 Å². The van der Waals surface area contributed by atoms with Crippen LogP contribution in [0.25, 0.3) is 11.3 Å². The summed E-state index contributed by atoms with van der Waals surface area (Å²) in [6.45, 7) is 2.58. The predicted octanol–water partition coefficient (Wildman–Crippen LogP) is 1.54. The van der Waals surface area contributed by atoms with Crippen molar-refractivity contribution in [2.45, 2.75) is 6.92 Å². The summed E-state index contributed by atoms with van der Waals surface area (Å²) in [4.78, 5) is 28.3. The molecule has 0 aliphatic heterocycles. The molecule has 0 radical (unpaired) electrons. The van der Waals surface area contributed by atoms with E-state index in [9.17, 15) is 9.59 Å². The smallest absolute Gasteiger partial charge is 0.337 e. The van der Waals surface area contributed by atoms with Crippen LogP contribution in [0.2, 0.25) is 0 Å². The van der Waals surface area contributed by atoms with Crippen LogP contribution in [0.3, 0.4) is 0 Å². The zero-order chi connectivity index (χ0) is 19.1. The summed E-state index contributed by atoms with van der Waals surface area (Å²) in [6.07, 6.45) is 1.55. The highest BCUT2D eigenvalue weighted by Gasteiger charge is 2.15. The Morgan fingerprint density at radius 3 is 2.65 bits per heavy atom. The number of esters is 1. The maximum Gasteiger partial charge on any atom is 0.337 e. The van der Waals surface area contributed by atoms with Crippen molar-refractivity contribution >= 4 is 5.97 Å². The third-order valence-corrected chi connectivity index (χ3v) is 3.57. The first-order chi connectivity index (χ1) is 12.5. The molecule has 0 aliphatic rings. The highest BCUT2D eigenvalue weighted by molar-refractivity contribution is 5.91. The number of hydrogen-bond donors (Lipinski definition) is 0. The van der Waals surface area contributed by atoms with Crippen LogP contribution in [0.15, 0.2) is 29.2 Å². The van der Waals surface area contributed by atoms with Gasteiger partial charge in [-0.15, -0.1) is 0 Å². The third kappa shape index (κ3) is 4.90. The van der Waals surface area contributed by atoms with Gasteiger partial charge in [0, 0.05) is 37.7 Å². The largest absolute Gasteiger partial charge is 0.465 e. The molecule has 0 saturated heterocycles. The quantitative estimate of drug-likeness (QED) is 0.400. The number of rotatable bonds is 8. The maximum absolute atomic E-state index is 12.1. The van der Waals surface area contributed by atoms with Crippen molar-refractivity contribution in [3.8, 4) is 17.0 Å². The second kappa shape index (κ2) is 9.12. The van der Waals surface area contributed by atoms with Gasteiger partial charge in [-0.1, -0.05) is 0 Å². The highest BCUT2D eigenvalue weighted by atomic mass is 16.7. The van der Waals surface area contributed by atoms with Gasteiger partial charge < -0.3 is 23.5 Å². The number of ether oxygens (including phenoxy) is 4. The number of carbonyl (C=O) groups excluding carboxylic acids is 1. The van der Waals surface area contributed by atoms with E-state index in [1.54, 1.807) is 39.4 Å². The molecule has 0 aromatic carbocycles. The molecule has 0 atom stereocenters. The van der Waals surface area contributed by atoms with Crippen molar-refractivity contribution in [2.75, 3.05) is 34.2 Å². The Balaban J connectivity index is 2.38. The van der Waals surface area contributed by atoms with Gasteiger partial charge in [0.1, 0.15) is 5.75 Å². The van der Waals surface area contributed by atoms with Gasteiger partial charge in [-0.2, -0.15) is 0 Å². The summed E-state index contributed by atoms with van der Waals surface area (Å²) >= 11 is 0. The van der Waals surface area contributed by atoms with Crippen LogP contribution in [-0.4, -0.2) is 49.7 Å². The van der Waals surface area contributed by atoms with Gasteiger partial charge in [0.15, 0.2) is 6.79 Å². The lowest BCUT2D eigenvalue weighted by Gasteiger charge is -2.13. The number of pyridine rings is 2. The second-order valence-electron chi connectivity index (χ2n) is 5.54. The van der Waals surface area contributed by atoms with Crippen molar-refractivity contribution in [1.82, 2.24) is 9.55 Å². The van der Waals surface area contributed by atoms with Gasteiger partial charge >= 0.3 is 5.97 Å². The van der Waals surface area contributed by atoms with E-state index in [4.69, 9.17) is 18.9 Å². The molecule has 0 saturated carbocycles. The second-order valence-corrected chi connectivity index (χ2v) is 5.54. The zero-order valence-electron chi connectivity index (χ0n) is 15.3. The third-order valence-electron chi connectivity index (χ3n) is 3.57. The van der Waals surface area contributed by atoms with E-state index in [-0.39, 0.29) is 12.4 Å². The van der Waals surface area contributed by atoms with Crippen molar-refractivity contribution in [2.24, 2.45) is 7.05 Å². The van der Waals surface area contributed by atoms with Crippen LogP contribution >= 0.6 is 0 Å². The van der Waals surface area contributed by atoms with Crippen LogP contribution < -0.4 is 10.3 Å². The van der Waals surface area contributed by atoms with E-state index in [1.807, 2.05) is 0 Å². The Hall–Kier alpha value is -2.71. The van der Waals surface area contributed by atoms with Gasteiger partial charge in [-0.3, -0.25) is 9.78 Å². The van der Waals surface area contributed by atoms with Crippen LogP contribution in [-0.2, 0) is 21.3 Å². The molecule has 0 unspecified atom stereocenters. The Labute approximate surface area is 151 Å². The summed E-state index contributed by atoms with van der Waals surface area (Å²) in [5.41, 5.74) is 1.65. The summed E-state index contributed by atoms with van der Waals surface area (Å²) in [6, 6.07) is 4.59. The van der Waals surface area contributed by atoms with Gasteiger partial charge in [-0.05, 0) is 19.1 Å². The Morgan fingerprint density at radius 1 is 1.19 bits per heavy atom. The number of aryl methyl sites for hydroxylation is 2. The number of aromatic nitrogens is 2. The van der Waals surface area contributed by atoms with Gasteiger partial charge in [0.2, 0.25) is 0 Å². The van der Waals surface area contributed by atoms with E-state index in [1.165, 1.54) is 17.7 Å². The number of nitrogens with zero attached hydrogens (tertiary/aromatic N) is 2. The fourth-order valence-corrected chi connectivity index (χ4v) is 2.27. The van der Waals surface area contributed by atoms with E-state index in [2.05, 4.69) is 4.98 Å². The minimum Gasteiger partial charge on any atom is -0.465 e. The molecule has 0 aliphatic carbocycles. The molecule has 8 heteroatoms. The topological polar surface area (TPSA) is 88.9 Å². The standard InChI is InChI=1S/C18H22N2O6/c1-12-7-13(18(22)24-4)8-15(19-12)14-9-17(21)20(2)10-16(14)26-11-25-6-5-23-3/h7-10H,5-6,11H2,1-4H3. The van der Waals surface area contributed by atoms with Crippen LogP contribution in [0, 0.1) is 6.92 Å². The molecule has 140 valence electrons. The number of carbonyl (C=O) groups is 1. The average molecular weight is 362 g/mol. The van der Waals surface area contributed by atoms with E-state index in [0.29, 0.717) is 41.5 Å². The molecule has 0 spiro atoms. The average Bonchev–Trinajstić information content (AvgIpc) is 2.62. The van der Waals surface area contributed by atoms with Gasteiger partial charge in [0.25, 0.3) is 5.56 Å². The first kappa shape index (κ1) is 19.6. The Morgan fingerprint density at radius 2 is 1.96 bits per heavy atom.